The minimum atomic E-state index is -3.73. The third-order valence-electron chi connectivity index (χ3n) is 8.13. The number of carbonyl (C=O) groups excluding carboxylic acids is 4. The lowest BCUT2D eigenvalue weighted by molar-refractivity contribution is -0.166. The molecule has 0 N–H and O–H groups in total. The van der Waals surface area contributed by atoms with Gasteiger partial charge in [0.15, 0.2) is 0 Å². The summed E-state index contributed by atoms with van der Waals surface area (Å²) < 4.78 is 126. The number of ether oxygens (including phenoxy) is 4. The van der Waals surface area contributed by atoms with E-state index in [2.05, 4.69) is 8.92 Å². The van der Waals surface area contributed by atoms with Gasteiger partial charge in [0.1, 0.15) is 16.8 Å². The van der Waals surface area contributed by atoms with Crippen molar-refractivity contribution in [3.8, 4) is 0 Å². The van der Waals surface area contributed by atoms with Gasteiger partial charge in [-0.1, -0.05) is 6.92 Å². The molecule has 3 rings (SSSR count). The standard InChI is InChI=1S/C12H20F2O5S.C12H18F2O4.C11H18F2O2/c1-11(2,3)19-10(15)9-6-12(13,14)5-8(9)7-18-20(4,16)17;1-11(2,3)18-10(16)8-6-12(13,14)5-7(8)9(15)17-4;1-7-5-11(12,13)6-8(7)9(14)15-10(2,3)4/h8-9H,5-7H2,1-4H3;7-8H,5-6H2,1-4H3;7-8H,5-6H2,1-4H3/t8-,9?;2*7-,8?/m100/s1. The van der Waals surface area contributed by atoms with Crippen LogP contribution in [0.3, 0.4) is 0 Å². The molecule has 3 fully saturated rings. The van der Waals surface area contributed by atoms with Crippen LogP contribution in [0.25, 0.3) is 0 Å². The van der Waals surface area contributed by atoms with Crippen LogP contribution in [0.2, 0.25) is 0 Å². The molecule has 18 heteroatoms. The van der Waals surface area contributed by atoms with Crippen molar-refractivity contribution in [1.82, 2.24) is 0 Å². The number of rotatable bonds is 7. The lowest BCUT2D eigenvalue weighted by Crippen LogP contribution is -2.33. The van der Waals surface area contributed by atoms with E-state index in [1.165, 1.54) is 0 Å². The van der Waals surface area contributed by atoms with Crippen LogP contribution in [-0.2, 0) is 52.4 Å². The van der Waals surface area contributed by atoms with E-state index in [-0.39, 0.29) is 18.8 Å². The molecule has 0 aliphatic heterocycles. The van der Waals surface area contributed by atoms with E-state index in [0.717, 1.165) is 13.4 Å². The molecule has 0 saturated heterocycles. The molecule has 3 aliphatic carbocycles. The van der Waals surface area contributed by atoms with Crippen LogP contribution in [-0.4, -0.2) is 86.8 Å². The van der Waals surface area contributed by atoms with Crippen molar-refractivity contribution in [1.29, 1.82) is 0 Å². The number of alkyl halides is 6. The Bertz CT molecular complexity index is 1400. The highest BCUT2D eigenvalue weighted by Gasteiger charge is 2.54. The first kappa shape index (κ1) is 48.4. The Morgan fingerprint density at radius 2 is 0.887 bits per heavy atom. The molecular formula is C35H56F6O11S. The SMILES string of the molecule is CC(C)(C)OC(=O)C1CC(F)(F)C[C@@H]1COS(C)(=O)=O.COC(=O)[C@H]1CC(F)(F)CC1C(=O)OC(C)(C)C.C[C@H]1CC(F)(F)CC1C(=O)OC(C)(C)C. The molecular weight excluding hydrogens is 742 g/mol. The molecule has 3 saturated carbocycles. The monoisotopic (exact) mass is 798 g/mol. The first-order valence-corrected chi connectivity index (χ1v) is 19.0. The Kier molecular flexibility index (Phi) is 15.9. The zero-order chi connectivity index (χ0) is 41.8. The Balaban J connectivity index is 0.000000401. The summed E-state index contributed by atoms with van der Waals surface area (Å²) in [5, 5.41) is 0. The Labute approximate surface area is 308 Å². The molecule has 0 spiro atoms. The van der Waals surface area contributed by atoms with Crippen LogP contribution in [0, 0.1) is 35.5 Å². The minimum Gasteiger partial charge on any atom is -0.469 e. The second-order valence-corrected chi connectivity index (χ2v) is 18.7. The maximum atomic E-state index is 13.4. The highest BCUT2D eigenvalue weighted by atomic mass is 32.2. The van der Waals surface area contributed by atoms with Gasteiger partial charge in [-0.15, -0.1) is 0 Å². The highest BCUT2D eigenvalue weighted by molar-refractivity contribution is 7.85. The van der Waals surface area contributed by atoms with E-state index < -0.39 is 130 Å². The largest absolute Gasteiger partial charge is 0.469 e. The van der Waals surface area contributed by atoms with Gasteiger partial charge >= 0.3 is 23.9 Å². The van der Waals surface area contributed by atoms with Crippen LogP contribution < -0.4 is 0 Å². The van der Waals surface area contributed by atoms with E-state index in [1.54, 1.807) is 69.2 Å². The van der Waals surface area contributed by atoms with Gasteiger partial charge in [0, 0.05) is 44.4 Å². The molecule has 0 amide bonds. The predicted octanol–water partition coefficient (Wildman–Crippen LogP) is 7.14. The van der Waals surface area contributed by atoms with Gasteiger partial charge in [0.2, 0.25) is 17.8 Å². The van der Waals surface area contributed by atoms with Gasteiger partial charge in [-0.3, -0.25) is 23.4 Å². The van der Waals surface area contributed by atoms with Gasteiger partial charge in [0.25, 0.3) is 10.1 Å². The van der Waals surface area contributed by atoms with E-state index >= 15 is 0 Å². The van der Waals surface area contributed by atoms with Gasteiger partial charge in [-0.25, -0.2) is 26.3 Å². The van der Waals surface area contributed by atoms with E-state index in [1.807, 2.05) is 0 Å². The first-order chi connectivity index (χ1) is 23.5. The van der Waals surface area contributed by atoms with Gasteiger partial charge in [-0.2, -0.15) is 8.42 Å². The quantitative estimate of drug-likeness (QED) is 0.112. The molecule has 0 aromatic carbocycles. The highest BCUT2D eigenvalue weighted by Crippen LogP contribution is 2.46. The summed E-state index contributed by atoms with van der Waals surface area (Å²) >= 11 is 0. The molecule has 0 aromatic heterocycles. The van der Waals surface area contributed by atoms with Crippen molar-refractivity contribution in [3.63, 3.8) is 0 Å². The van der Waals surface area contributed by atoms with Gasteiger partial charge in [0.05, 0.1) is 43.6 Å². The van der Waals surface area contributed by atoms with Gasteiger partial charge < -0.3 is 18.9 Å². The summed E-state index contributed by atoms with van der Waals surface area (Å²) in [7, 11) is -2.61. The number of hydrogen-bond acceptors (Lipinski definition) is 11. The molecule has 0 aromatic rings. The average Bonchev–Trinajstić information content (AvgIpc) is 3.52. The second kappa shape index (κ2) is 17.4. The summed E-state index contributed by atoms with van der Waals surface area (Å²) in [5.74, 6) is -16.7. The summed E-state index contributed by atoms with van der Waals surface area (Å²) in [4.78, 5) is 46.8. The fourth-order valence-electron chi connectivity index (χ4n) is 6.08. The molecule has 3 aliphatic rings. The summed E-state index contributed by atoms with van der Waals surface area (Å²) in [6, 6.07) is 0. The molecule has 0 radical (unpaired) electrons. The zero-order valence-electron chi connectivity index (χ0n) is 32.6. The molecule has 0 heterocycles. The number of carbonyl (C=O) groups is 4. The Morgan fingerprint density at radius 3 is 1.25 bits per heavy atom. The van der Waals surface area contributed by atoms with Crippen molar-refractivity contribution in [2.24, 2.45) is 35.5 Å². The van der Waals surface area contributed by atoms with Crippen LogP contribution in [0.15, 0.2) is 0 Å². The predicted molar refractivity (Wildman–Crippen MR) is 180 cm³/mol. The third kappa shape index (κ3) is 18.0. The topological polar surface area (TPSA) is 149 Å². The molecule has 3 unspecified atom stereocenters. The average molecular weight is 799 g/mol. The smallest absolute Gasteiger partial charge is 0.310 e. The minimum absolute atomic E-state index is 0.211. The number of methoxy groups -OCH3 is 1. The van der Waals surface area contributed by atoms with Crippen molar-refractivity contribution >= 4 is 34.0 Å². The first-order valence-electron chi connectivity index (χ1n) is 17.2. The third-order valence-corrected chi connectivity index (χ3v) is 8.69. The number of halogens is 6. The van der Waals surface area contributed by atoms with Crippen molar-refractivity contribution in [2.45, 2.75) is 142 Å². The maximum absolute atomic E-state index is 13.4. The lowest BCUT2D eigenvalue weighted by Gasteiger charge is -2.24. The van der Waals surface area contributed by atoms with E-state index in [0.29, 0.717) is 0 Å². The maximum Gasteiger partial charge on any atom is 0.310 e. The zero-order valence-corrected chi connectivity index (χ0v) is 33.4. The molecule has 310 valence electrons. The van der Waals surface area contributed by atoms with Gasteiger partial charge in [-0.05, 0) is 68.2 Å². The fraction of sp³-hybridized carbons (Fsp3) is 0.886. The molecule has 53 heavy (non-hydrogen) atoms. The van der Waals surface area contributed by atoms with E-state index in [9.17, 15) is 53.9 Å². The summed E-state index contributed by atoms with van der Waals surface area (Å²) in [5.41, 5.74) is -2.15. The van der Waals surface area contributed by atoms with Crippen LogP contribution in [0.4, 0.5) is 26.3 Å². The number of esters is 4. The van der Waals surface area contributed by atoms with Crippen molar-refractivity contribution in [3.05, 3.63) is 0 Å². The summed E-state index contributed by atoms with van der Waals surface area (Å²) in [6.45, 7) is 16.3. The van der Waals surface area contributed by atoms with E-state index in [4.69, 9.17) is 14.2 Å². The van der Waals surface area contributed by atoms with Crippen molar-refractivity contribution in [2.75, 3.05) is 20.0 Å². The normalized spacial score (nSPS) is 27.7. The number of hydrogen-bond donors (Lipinski definition) is 0. The molecule has 11 nitrogen and oxygen atoms in total. The Hall–Kier alpha value is -2.63. The Morgan fingerprint density at radius 1 is 0.566 bits per heavy atom. The van der Waals surface area contributed by atoms with Crippen LogP contribution in [0.5, 0.6) is 0 Å². The molecule has 0 bridgehead atoms. The van der Waals surface area contributed by atoms with Crippen LogP contribution in [0.1, 0.15) is 108 Å². The second-order valence-electron chi connectivity index (χ2n) is 17.1. The fourth-order valence-corrected chi connectivity index (χ4v) is 6.51. The lowest BCUT2D eigenvalue weighted by atomic mass is 9.96. The van der Waals surface area contributed by atoms with Crippen LogP contribution >= 0.6 is 0 Å². The molecule has 6 atom stereocenters. The summed E-state index contributed by atoms with van der Waals surface area (Å²) in [6.07, 6.45) is -2.29. The van der Waals surface area contributed by atoms with Crippen molar-refractivity contribution < 1.29 is 77.1 Å².